The number of aryl methyl sites for hydroxylation is 1. The molecule has 3 aromatic heterocycles. The van der Waals surface area contributed by atoms with Gasteiger partial charge in [-0.1, -0.05) is 18.2 Å². The van der Waals surface area contributed by atoms with Crippen molar-refractivity contribution in [3.63, 3.8) is 0 Å². The second kappa shape index (κ2) is 8.33. The van der Waals surface area contributed by atoms with Crippen molar-refractivity contribution >= 4 is 16.7 Å². The summed E-state index contributed by atoms with van der Waals surface area (Å²) in [5.41, 5.74) is -0.279. The molecule has 3 heterocycles. The molecular formula is C21H19F3N6O2. The number of halogens is 3. The number of methoxy groups -OCH3 is 1. The number of hydrogen-bond donors (Lipinski definition) is 1. The number of hydrogen-bond acceptors (Lipinski definition) is 6. The van der Waals surface area contributed by atoms with Crippen LogP contribution < -0.4 is 15.6 Å². The second-order valence-electron chi connectivity index (χ2n) is 7.08. The van der Waals surface area contributed by atoms with E-state index in [4.69, 9.17) is 4.74 Å². The molecule has 1 atom stereocenters. The van der Waals surface area contributed by atoms with Crippen molar-refractivity contribution in [1.82, 2.24) is 24.3 Å². The zero-order valence-corrected chi connectivity index (χ0v) is 17.4. The minimum Gasteiger partial charge on any atom is -0.467 e. The largest absolute Gasteiger partial charge is 0.467 e. The molecule has 166 valence electrons. The summed E-state index contributed by atoms with van der Waals surface area (Å²) >= 11 is 0. The highest BCUT2D eigenvalue weighted by molar-refractivity contribution is 5.90. The van der Waals surface area contributed by atoms with Crippen LogP contribution in [0.5, 0.6) is 6.01 Å². The average Bonchev–Trinajstić information content (AvgIpc) is 3.30. The first-order valence-electron chi connectivity index (χ1n) is 9.61. The Kier molecular flexibility index (Phi) is 5.56. The maximum absolute atomic E-state index is 14.7. The maximum atomic E-state index is 14.7. The highest BCUT2D eigenvalue weighted by atomic mass is 19.3. The molecule has 8 nitrogen and oxygen atoms in total. The van der Waals surface area contributed by atoms with Crippen molar-refractivity contribution in [1.29, 1.82) is 0 Å². The fraction of sp³-hybridized carbons (Fsp3) is 0.238. The van der Waals surface area contributed by atoms with Gasteiger partial charge in [-0.3, -0.25) is 4.79 Å². The van der Waals surface area contributed by atoms with E-state index < -0.39 is 23.8 Å². The Morgan fingerprint density at radius 3 is 2.59 bits per heavy atom. The molecule has 0 aliphatic rings. The molecule has 0 amide bonds. The standard InChI is InChI=1S/C21H19F3N6O2/c1-11-17-15(9-30(20(11)31)29-8-7-25-10-29)19(28-21(27-17)32-3)26-12(2)13-5-4-6-14(16(13)22)18(23)24/h4-10,12,18H,1-3H3,(H,26,27,28)/t12-/m1/s1. The lowest BCUT2D eigenvalue weighted by Crippen LogP contribution is -2.27. The molecule has 1 aromatic carbocycles. The molecule has 0 unspecified atom stereocenters. The normalized spacial score (nSPS) is 12.3. The van der Waals surface area contributed by atoms with E-state index in [1.54, 1.807) is 20.0 Å². The van der Waals surface area contributed by atoms with E-state index >= 15 is 0 Å². The van der Waals surface area contributed by atoms with Crippen molar-refractivity contribution in [2.45, 2.75) is 26.3 Å². The van der Waals surface area contributed by atoms with E-state index in [1.807, 2.05) is 0 Å². The van der Waals surface area contributed by atoms with E-state index in [1.165, 1.54) is 47.3 Å². The van der Waals surface area contributed by atoms with Crippen LogP contribution in [0.4, 0.5) is 19.0 Å². The van der Waals surface area contributed by atoms with Crippen LogP contribution in [0.15, 0.2) is 47.9 Å². The van der Waals surface area contributed by atoms with Crippen LogP contribution in [0, 0.1) is 12.7 Å². The van der Waals surface area contributed by atoms with E-state index in [0.717, 1.165) is 6.07 Å². The number of pyridine rings is 1. The van der Waals surface area contributed by atoms with E-state index in [-0.39, 0.29) is 23.0 Å². The van der Waals surface area contributed by atoms with E-state index in [0.29, 0.717) is 16.5 Å². The molecule has 4 aromatic rings. The van der Waals surface area contributed by atoms with Crippen molar-refractivity contribution in [2.24, 2.45) is 0 Å². The molecule has 4 rings (SSSR count). The summed E-state index contributed by atoms with van der Waals surface area (Å²) in [7, 11) is 1.38. The number of nitrogens with one attached hydrogen (secondary N) is 1. The molecule has 1 N–H and O–H groups in total. The van der Waals surface area contributed by atoms with Gasteiger partial charge >= 0.3 is 6.01 Å². The number of alkyl halides is 2. The van der Waals surface area contributed by atoms with Gasteiger partial charge in [-0.15, -0.1) is 0 Å². The second-order valence-corrected chi connectivity index (χ2v) is 7.08. The lowest BCUT2D eigenvalue weighted by molar-refractivity contribution is 0.146. The number of fused-ring (bicyclic) bond motifs is 1. The average molecular weight is 444 g/mol. The fourth-order valence-electron chi connectivity index (χ4n) is 3.42. The molecule has 0 spiro atoms. The summed E-state index contributed by atoms with van der Waals surface area (Å²) < 4.78 is 48.9. The first-order valence-corrected chi connectivity index (χ1v) is 9.61. The van der Waals surface area contributed by atoms with Crippen LogP contribution in [-0.4, -0.2) is 31.4 Å². The first kappa shape index (κ1) is 21.3. The lowest BCUT2D eigenvalue weighted by atomic mass is 10.0. The molecule has 0 saturated carbocycles. The number of aromatic nitrogens is 5. The highest BCUT2D eigenvalue weighted by Gasteiger charge is 2.21. The van der Waals surface area contributed by atoms with Gasteiger partial charge in [0.15, 0.2) is 0 Å². The van der Waals surface area contributed by atoms with Crippen molar-refractivity contribution < 1.29 is 17.9 Å². The van der Waals surface area contributed by atoms with Gasteiger partial charge in [-0.2, -0.15) is 9.97 Å². The van der Waals surface area contributed by atoms with E-state index in [2.05, 4.69) is 20.3 Å². The molecule has 32 heavy (non-hydrogen) atoms. The number of nitrogens with zero attached hydrogens (tertiary/aromatic N) is 5. The summed E-state index contributed by atoms with van der Waals surface area (Å²) in [5, 5.41) is 3.50. The Balaban J connectivity index is 1.87. The zero-order chi connectivity index (χ0) is 23.0. The van der Waals surface area contributed by atoms with Crippen LogP contribution in [0.25, 0.3) is 10.9 Å². The third kappa shape index (κ3) is 3.66. The monoisotopic (exact) mass is 444 g/mol. The van der Waals surface area contributed by atoms with Crippen LogP contribution in [0.2, 0.25) is 0 Å². The number of benzene rings is 1. The summed E-state index contributed by atoms with van der Waals surface area (Å²) in [5.74, 6) is -0.738. The van der Waals surface area contributed by atoms with Crippen LogP contribution in [0.1, 0.15) is 36.1 Å². The Morgan fingerprint density at radius 1 is 1.19 bits per heavy atom. The topological polar surface area (TPSA) is 86.9 Å². The third-order valence-corrected chi connectivity index (χ3v) is 5.10. The Labute approximate surface area is 180 Å². The third-order valence-electron chi connectivity index (χ3n) is 5.10. The number of imidazole rings is 1. The quantitative estimate of drug-likeness (QED) is 0.486. The molecule has 0 aliphatic carbocycles. The maximum Gasteiger partial charge on any atom is 0.318 e. The van der Waals surface area contributed by atoms with Gasteiger partial charge in [0.25, 0.3) is 12.0 Å². The van der Waals surface area contributed by atoms with Crippen molar-refractivity contribution in [2.75, 3.05) is 12.4 Å². The zero-order valence-electron chi connectivity index (χ0n) is 17.4. The van der Waals surface area contributed by atoms with Crippen LogP contribution in [-0.2, 0) is 0 Å². The van der Waals surface area contributed by atoms with Crippen molar-refractivity contribution in [3.8, 4) is 6.01 Å². The minimum atomic E-state index is -2.94. The van der Waals surface area contributed by atoms with Gasteiger partial charge in [-0.25, -0.2) is 27.5 Å². The highest BCUT2D eigenvalue weighted by Crippen LogP contribution is 2.31. The summed E-state index contributed by atoms with van der Waals surface area (Å²) in [4.78, 5) is 25.4. The molecule has 0 saturated heterocycles. The SMILES string of the molecule is COc1nc(N[C@H](C)c2cccc(C(F)F)c2F)c2cn(-n3ccnc3)c(=O)c(C)c2n1. The van der Waals surface area contributed by atoms with Gasteiger partial charge in [0, 0.05) is 29.7 Å². The number of anilines is 1. The molecule has 0 bridgehead atoms. The molecular weight excluding hydrogens is 425 g/mol. The van der Waals surface area contributed by atoms with Crippen LogP contribution >= 0.6 is 0 Å². The summed E-state index contributed by atoms with van der Waals surface area (Å²) in [6.07, 6.45) is 3.16. The van der Waals surface area contributed by atoms with Crippen molar-refractivity contribution in [3.05, 3.63) is 76.0 Å². The van der Waals surface area contributed by atoms with Gasteiger partial charge in [0.05, 0.1) is 29.6 Å². The predicted molar refractivity (Wildman–Crippen MR) is 112 cm³/mol. The summed E-state index contributed by atoms with van der Waals surface area (Å²) in [6, 6.07) is 3.11. The Bertz CT molecular complexity index is 1340. The van der Waals surface area contributed by atoms with E-state index in [9.17, 15) is 18.0 Å². The number of ether oxygens (including phenoxy) is 1. The Morgan fingerprint density at radius 2 is 1.94 bits per heavy atom. The van der Waals surface area contributed by atoms with Gasteiger partial charge in [-0.05, 0) is 13.8 Å². The number of rotatable bonds is 6. The predicted octanol–water partition coefficient (Wildman–Crippen LogP) is 3.87. The van der Waals surface area contributed by atoms with Crippen LogP contribution in [0.3, 0.4) is 0 Å². The molecule has 0 fully saturated rings. The Hall–Kier alpha value is -3.89. The molecule has 0 radical (unpaired) electrons. The summed E-state index contributed by atoms with van der Waals surface area (Å²) in [6.45, 7) is 3.23. The van der Waals surface area contributed by atoms with Gasteiger partial charge in [0.2, 0.25) is 0 Å². The van der Waals surface area contributed by atoms with Gasteiger partial charge < -0.3 is 10.1 Å². The fourth-order valence-corrected chi connectivity index (χ4v) is 3.42. The van der Waals surface area contributed by atoms with Gasteiger partial charge in [0.1, 0.15) is 18.0 Å². The minimum absolute atomic E-state index is 0.00289. The lowest BCUT2D eigenvalue weighted by Gasteiger charge is -2.19. The molecule has 0 aliphatic heterocycles. The smallest absolute Gasteiger partial charge is 0.318 e. The molecule has 11 heteroatoms. The first-order chi connectivity index (χ1) is 15.3.